The Kier molecular flexibility index (Phi) is 5.19. The van der Waals surface area contributed by atoms with Crippen LogP contribution < -0.4 is 5.32 Å². The maximum Gasteiger partial charge on any atom is 0.120 e. The van der Waals surface area contributed by atoms with Gasteiger partial charge in [0.15, 0.2) is 0 Å². The lowest BCUT2D eigenvalue weighted by Crippen LogP contribution is -2.28. The van der Waals surface area contributed by atoms with E-state index in [0.29, 0.717) is 0 Å². The van der Waals surface area contributed by atoms with Crippen LogP contribution in [0.4, 0.5) is 0 Å². The van der Waals surface area contributed by atoms with Gasteiger partial charge in [-0.25, -0.2) is 0 Å². The van der Waals surface area contributed by atoms with E-state index in [2.05, 4.69) is 29.3 Å². The Labute approximate surface area is 115 Å². The first-order valence-corrected chi connectivity index (χ1v) is 6.85. The molecule has 106 valence electrons. The largest absolute Gasteiger partial charge is 0.463 e. The molecule has 2 heterocycles. The van der Waals surface area contributed by atoms with Gasteiger partial charge in [-0.2, -0.15) is 0 Å². The first kappa shape index (κ1) is 14.3. The Bertz CT molecular complexity index is 437. The molecule has 0 amide bonds. The van der Waals surface area contributed by atoms with E-state index in [9.17, 15) is 0 Å². The SMILES string of the molecule is CNCc1oc(CN2CC=C(COC)CC2)cc1C. The van der Waals surface area contributed by atoms with Crippen molar-refractivity contribution in [2.24, 2.45) is 0 Å². The topological polar surface area (TPSA) is 37.6 Å². The smallest absolute Gasteiger partial charge is 0.120 e. The number of aryl methyl sites for hydroxylation is 1. The van der Waals surface area contributed by atoms with Gasteiger partial charge in [0.1, 0.15) is 11.5 Å². The van der Waals surface area contributed by atoms with Crippen LogP contribution in [0.25, 0.3) is 0 Å². The van der Waals surface area contributed by atoms with E-state index in [1.165, 1.54) is 11.1 Å². The molecule has 4 heteroatoms. The third-order valence-corrected chi connectivity index (χ3v) is 3.51. The second-order valence-corrected chi connectivity index (χ2v) is 5.13. The minimum absolute atomic E-state index is 0.764. The van der Waals surface area contributed by atoms with Crippen molar-refractivity contribution < 1.29 is 9.15 Å². The normalized spacial score (nSPS) is 16.7. The van der Waals surface area contributed by atoms with Gasteiger partial charge in [0, 0.05) is 20.2 Å². The molecule has 0 spiro atoms. The van der Waals surface area contributed by atoms with Crippen LogP contribution in [-0.4, -0.2) is 38.8 Å². The summed E-state index contributed by atoms with van der Waals surface area (Å²) < 4.78 is 11.1. The first-order valence-electron chi connectivity index (χ1n) is 6.85. The molecule has 0 saturated carbocycles. The summed E-state index contributed by atoms with van der Waals surface area (Å²) in [6.45, 7) is 6.62. The quantitative estimate of drug-likeness (QED) is 0.798. The third kappa shape index (κ3) is 3.93. The lowest BCUT2D eigenvalue weighted by Gasteiger charge is -2.25. The standard InChI is InChI=1S/C15H24N2O2/c1-12-8-14(19-15(12)9-16-2)10-17-6-4-13(5-7-17)11-18-3/h4,8,16H,5-7,9-11H2,1-3H3. The summed E-state index contributed by atoms with van der Waals surface area (Å²) in [5.74, 6) is 2.11. The Hall–Kier alpha value is -1.10. The molecule has 1 aromatic rings. The summed E-state index contributed by atoms with van der Waals surface area (Å²) in [6, 6.07) is 2.15. The van der Waals surface area contributed by atoms with Gasteiger partial charge in [0.25, 0.3) is 0 Å². The van der Waals surface area contributed by atoms with E-state index < -0.39 is 0 Å². The molecule has 1 aliphatic rings. The van der Waals surface area contributed by atoms with Crippen molar-refractivity contribution in [1.82, 2.24) is 10.2 Å². The summed E-state index contributed by atoms with van der Waals surface area (Å²) in [5.41, 5.74) is 2.64. The summed E-state index contributed by atoms with van der Waals surface area (Å²) >= 11 is 0. The number of furan rings is 1. The molecule has 0 bridgehead atoms. The lowest BCUT2D eigenvalue weighted by molar-refractivity contribution is 0.206. The molecule has 2 rings (SSSR count). The van der Waals surface area contributed by atoms with Crippen LogP contribution in [-0.2, 0) is 17.8 Å². The Morgan fingerprint density at radius 2 is 2.32 bits per heavy atom. The minimum atomic E-state index is 0.764. The van der Waals surface area contributed by atoms with Crippen LogP contribution in [0.5, 0.6) is 0 Å². The van der Waals surface area contributed by atoms with Crippen LogP contribution >= 0.6 is 0 Å². The Morgan fingerprint density at radius 3 is 2.95 bits per heavy atom. The lowest BCUT2D eigenvalue weighted by atomic mass is 10.1. The fourth-order valence-corrected chi connectivity index (χ4v) is 2.44. The van der Waals surface area contributed by atoms with Crippen LogP contribution in [0.15, 0.2) is 22.1 Å². The molecule has 0 fully saturated rings. The average Bonchev–Trinajstić information content (AvgIpc) is 2.73. The average molecular weight is 264 g/mol. The van der Waals surface area contributed by atoms with E-state index >= 15 is 0 Å². The van der Waals surface area contributed by atoms with Crippen LogP contribution in [0.2, 0.25) is 0 Å². The van der Waals surface area contributed by atoms with Gasteiger partial charge in [-0.3, -0.25) is 4.90 Å². The molecule has 0 saturated heterocycles. The van der Waals surface area contributed by atoms with Gasteiger partial charge in [-0.1, -0.05) is 6.08 Å². The molecular weight excluding hydrogens is 240 g/mol. The zero-order valence-corrected chi connectivity index (χ0v) is 12.2. The molecule has 1 aromatic heterocycles. The highest BCUT2D eigenvalue weighted by Crippen LogP contribution is 2.18. The molecule has 0 aliphatic carbocycles. The van der Waals surface area contributed by atoms with E-state index in [4.69, 9.17) is 9.15 Å². The highest BCUT2D eigenvalue weighted by Gasteiger charge is 2.14. The van der Waals surface area contributed by atoms with Gasteiger partial charge in [-0.05, 0) is 37.6 Å². The van der Waals surface area contributed by atoms with E-state index in [1.54, 1.807) is 7.11 Å². The van der Waals surface area contributed by atoms with Crippen LogP contribution in [0.1, 0.15) is 23.5 Å². The van der Waals surface area contributed by atoms with E-state index in [1.807, 2.05) is 7.05 Å². The molecule has 1 aliphatic heterocycles. The zero-order valence-electron chi connectivity index (χ0n) is 12.2. The molecule has 19 heavy (non-hydrogen) atoms. The van der Waals surface area contributed by atoms with Gasteiger partial charge < -0.3 is 14.5 Å². The highest BCUT2D eigenvalue weighted by molar-refractivity contribution is 5.20. The molecule has 0 atom stereocenters. The van der Waals surface area contributed by atoms with E-state index in [-0.39, 0.29) is 0 Å². The van der Waals surface area contributed by atoms with Crippen molar-refractivity contribution in [3.63, 3.8) is 0 Å². The number of hydrogen-bond donors (Lipinski definition) is 1. The summed E-state index contributed by atoms with van der Waals surface area (Å²) in [7, 11) is 3.69. The van der Waals surface area contributed by atoms with Crippen molar-refractivity contribution in [3.8, 4) is 0 Å². The third-order valence-electron chi connectivity index (χ3n) is 3.51. The van der Waals surface area contributed by atoms with Crippen molar-refractivity contribution >= 4 is 0 Å². The van der Waals surface area contributed by atoms with E-state index in [0.717, 1.165) is 50.7 Å². The summed E-state index contributed by atoms with van der Waals surface area (Å²) in [4.78, 5) is 2.40. The number of ether oxygens (including phenoxy) is 1. The second kappa shape index (κ2) is 6.89. The first-order chi connectivity index (χ1) is 9.22. The second-order valence-electron chi connectivity index (χ2n) is 5.13. The molecule has 0 radical (unpaired) electrons. The van der Waals surface area contributed by atoms with Gasteiger partial charge in [0.05, 0.1) is 19.7 Å². The Balaban J connectivity index is 1.90. The van der Waals surface area contributed by atoms with Crippen molar-refractivity contribution in [1.29, 1.82) is 0 Å². The number of nitrogens with zero attached hydrogens (tertiary/aromatic N) is 1. The molecule has 0 unspecified atom stereocenters. The van der Waals surface area contributed by atoms with Crippen LogP contribution in [0.3, 0.4) is 0 Å². The summed E-state index contributed by atoms with van der Waals surface area (Å²) in [6.07, 6.45) is 3.37. The predicted octanol–water partition coefficient (Wildman–Crippen LogP) is 2.09. The molecule has 0 aromatic carbocycles. The molecule has 1 N–H and O–H groups in total. The number of rotatable bonds is 6. The maximum atomic E-state index is 5.88. The van der Waals surface area contributed by atoms with Crippen molar-refractivity contribution in [2.75, 3.05) is 33.9 Å². The zero-order chi connectivity index (χ0) is 13.7. The number of hydrogen-bond acceptors (Lipinski definition) is 4. The Morgan fingerprint density at radius 1 is 1.47 bits per heavy atom. The van der Waals surface area contributed by atoms with Gasteiger partial charge >= 0.3 is 0 Å². The fraction of sp³-hybridized carbons (Fsp3) is 0.600. The van der Waals surface area contributed by atoms with Crippen LogP contribution in [0, 0.1) is 6.92 Å². The monoisotopic (exact) mass is 264 g/mol. The van der Waals surface area contributed by atoms with Crippen molar-refractivity contribution in [3.05, 3.63) is 34.8 Å². The molecule has 4 nitrogen and oxygen atoms in total. The minimum Gasteiger partial charge on any atom is -0.463 e. The van der Waals surface area contributed by atoms with Gasteiger partial charge in [0.2, 0.25) is 0 Å². The van der Waals surface area contributed by atoms with Gasteiger partial charge in [-0.15, -0.1) is 0 Å². The number of methoxy groups -OCH3 is 1. The number of nitrogens with one attached hydrogen (secondary N) is 1. The summed E-state index contributed by atoms with van der Waals surface area (Å²) in [5, 5.41) is 3.13. The maximum absolute atomic E-state index is 5.88. The molecular formula is C15H24N2O2. The van der Waals surface area contributed by atoms with Crippen molar-refractivity contribution in [2.45, 2.75) is 26.4 Å². The predicted molar refractivity (Wildman–Crippen MR) is 76.1 cm³/mol. The fourth-order valence-electron chi connectivity index (χ4n) is 2.44. The highest BCUT2D eigenvalue weighted by atomic mass is 16.5.